The summed E-state index contributed by atoms with van der Waals surface area (Å²) in [6.07, 6.45) is 13.9. The van der Waals surface area contributed by atoms with Crippen molar-refractivity contribution in [3.8, 4) is 0 Å². The largest absolute Gasteiger partial charge is 1.00 e. The number of halogens is 1. The molecule has 3 heteroatoms. The Morgan fingerprint density at radius 3 is 2.04 bits per heavy atom. The number of rotatable bonds is 15. The van der Waals surface area contributed by atoms with Gasteiger partial charge in [-0.3, -0.25) is 0 Å². The van der Waals surface area contributed by atoms with Crippen LogP contribution in [0.15, 0.2) is 30.3 Å². The van der Waals surface area contributed by atoms with E-state index in [0.29, 0.717) is 0 Å². The van der Waals surface area contributed by atoms with Gasteiger partial charge in [-0.1, -0.05) is 75.8 Å². The number of thioether (sulfide) groups is 1. The summed E-state index contributed by atoms with van der Waals surface area (Å²) in [6, 6.07) is 10.9. The zero-order valence-corrected chi connectivity index (χ0v) is 18.4. The van der Waals surface area contributed by atoms with Crippen LogP contribution in [0, 0.1) is 0 Å². The molecule has 1 aromatic rings. The summed E-state index contributed by atoms with van der Waals surface area (Å²) in [6.45, 7) is 3.63. The van der Waals surface area contributed by atoms with Gasteiger partial charge in [0, 0.05) is 0 Å². The molecule has 0 bridgehead atoms. The number of hydrogen-bond acceptors (Lipinski definition) is 1. The maximum absolute atomic E-state index is 2.39. The second kappa shape index (κ2) is 16.0. The number of quaternary nitrogens is 1. The Morgan fingerprint density at radius 2 is 1.40 bits per heavy atom. The van der Waals surface area contributed by atoms with Crippen molar-refractivity contribution in [2.75, 3.05) is 32.3 Å². The van der Waals surface area contributed by atoms with Crippen LogP contribution in [0.3, 0.4) is 0 Å². The van der Waals surface area contributed by atoms with Gasteiger partial charge in [0.15, 0.2) is 0 Å². The Labute approximate surface area is 168 Å². The molecule has 1 rings (SSSR count). The monoisotopic (exact) mass is 385 g/mol. The van der Waals surface area contributed by atoms with Gasteiger partial charge in [-0.15, -0.1) is 11.8 Å². The maximum atomic E-state index is 2.39. The molecule has 1 nitrogen and oxygen atoms in total. The average Bonchev–Trinajstić information content (AvgIpc) is 2.58. The standard InChI is InChI=1S/C22H40NS.ClH/c1-4-5-6-7-8-9-10-14-19-23(2,3)21-24-20-15-18-22-16-12-11-13-17-22;/h11-13,16-17H,4-10,14-15,18-21H2,1-3H3;1H/q+1;/p-1. The second-order valence-electron chi connectivity index (χ2n) is 7.76. The molecule has 0 aromatic heterocycles. The third-order valence-corrected chi connectivity index (χ3v) is 6.11. The first kappa shape index (κ1) is 24.8. The molecule has 0 N–H and O–H groups in total. The van der Waals surface area contributed by atoms with Crippen LogP contribution in [0.2, 0.25) is 0 Å². The predicted molar refractivity (Wildman–Crippen MR) is 112 cm³/mol. The normalized spacial score (nSPS) is 11.3. The lowest BCUT2D eigenvalue weighted by molar-refractivity contribution is -0.877. The van der Waals surface area contributed by atoms with Crippen LogP contribution in [0.25, 0.3) is 0 Å². The molecule has 0 atom stereocenters. The van der Waals surface area contributed by atoms with Gasteiger partial charge in [0.25, 0.3) is 0 Å². The van der Waals surface area contributed by atoms with Gasteiger partial charge in [-0.05, 0) is 37.0 Å². The lowest BCUT2D eigenvalue weighted by Crippen LogP contribution is -3.00. The van der Waals surface area contributed by atoms with Crippen LogP contribution in [0.4, 0.5) is 0 Å². The van der Waals surface area contributed by atoms with E-state index >= 15 is 0 Å². The Morgan fingerprint density at radius 1 is 0.800 bits per heavy atom. The molecule has 0 saturated carbocycles. The number of benzene rings is 1. The van der Waals surface area contributed by atoms with E-state index in [4.69, 9.17) is 0 Å². The van der Waals surface area contributed by atoms with Gasteiger partial charge in [0.1, 0.15) is 5.88 Å². The second-order valence-corrected chi connectivity index (χ2v) is 8.84. The zero-order valence-electron chi connectivity index (χ0n) is 16.8. The summed E-state index contributed by atoms with van der Waals surface area (Å²) in [7, 11) is 4.79. The summed E-state index contributed by atoms with van der Waals surface area (Å²) >= 11 is 2.13. The summed E-state index contributed by atoms with van der Waals surface area (Å²) < 4.78 is 1.17. The lowest BCUT2D eigenvalue weighted by atomic mass is 10.1. The number of hydrogen-bond donors (Lipinski definition) is 0. The minimum atomic E-state index is 0. The van der Waals surface area contributed by atoms with Crippen molar-refractivity contribution in [3.05, 3.63) is 35.9 Å². The SMILES string of the molecule is CCCCCCCCCC[N+](C)(C)CSCCCc1ccccc1.[Cl-]. The summed E-state index contributed by atoms with van der Waals surface area (Å²) in [5.41, 5.74) is 1.48. The van der Waals surface area contributed by atoms with Gasteiger partial charge < -0.3 is 16.9 Å². The number of aryl methyl sites for hydroxylation is 1. The van der Waals surface area contributed by atoms with Crippen LogP contribution in [-0.2, 0) is 6.42 Å². The molecule has 25 heavy (non-hydrogen) atoms. The van der Waals surface area contributed by atoms with Crippen molar-refractivity contribution in [1.82, 2.24) is 0 Å². The van der Waals surface area contributed by atoms with Crippen molar-refractivity contribution in [3.63, 3.8) is 0 Å². The highest BCUT2D eigenvalue weighted by Crippen LogP contribution is 2.15. The van der Waals surface area contributed by atoms with E-state index in [1.807, 2.05) is 0 Å². The number of unbranched alkanes of at least 4 members (excludes halogenated alkanes) is 7. The van der Waals surface area contributed by atoms with E-state index in [2.05, 4.69) is 63.1 Å². The number of nitrogens with zero attached hydrogens (tertiary/aromatic N) is 1. The van der Waals surface area contributed by atoms with Crippen LogP contribution < -0.4 is 12.4 Å². The highest BCUT2D eigenvalue weighted by atomic mass is 35.5. The Balaban J connectivity index is 0.00000576. The van der Waals surface area contributed by atoms with Crippen LogP contribution in [0.1, 0.15) is 70.3 Å². The summed E-state index contributed by atoms with van der Waals surface area (Å²) in [5.74, 6) is 2.54. The van der Waals surface area contributed by atoms with E-state index in [1.165, 1.54) is 92.4 Å². The van der Waals surface area contributed by atoms with Crippen molar-refractivity contribution in [2.24, 2.45) is 0 Å². The lowest BCUT2D eigenvalue weighted by Gasteiger charge is -2.29. The van der Waals surface area contributed by atoms with Gasteiger partial charge in [0.2, 0.25) is 0 Å². The fraction of sp³-hybridized carbons (Fsp3) is 0.727. The third kappa shape index (κ3) is 14.7. The topological polar surface area (TPSA) is 0 Å². The molecule has 146 valence electrons. The smallest absolute Gasteiger partial charge is 0.125 e. The van der Waals surface area contributed by atoms with Gasteiger partial charge in [-0.2, -0.15) is 0 Å². The fourth-order valence-corrected chi connectivity index (χ4v) is 4.17. The van der Waals surface area contributed by atoms with Crippen molar-refractivity contribution in [2.45, 2.75) is 71.1 Å². The van der Waals surface area contributed by atoms with Crippen LogP contribution in [0.5, 0.6) is 0 Å². The molecule has 0 spiro atoms. The minimum Gasteiger partial charge on any atom is -1.00 e. The highest BCUT2D eigenvalue weighted by molar-refractivity contribution is 7.99. The molecule has 0 radical (unpaired) electrons. The van der Waals surface area contributed by atoms with Gasteiger partial charge >= 0.3 is 0 Å². The molecule has 0 heterocycles. The molecule has 0 aliphatic carbocycles. The Bertz CT molecular complexity index is 394. The van der Waals surface area contributed by atoms with E-state index < -0.39 is 0 Å². The van der Waals surface area contributed by atoms with E-state index in [1.54, 1.807) is 0 Å². The highest BCUT2D eigenvalue weighted by Gasteiger charge is 2.13. The maximum Gasteiger partial charge on any atom is 0.125 e. The van der Waals surface area contributed by atoms with Gasteiger partial charge in [-0.25, -0.2) is 0 Å². The first-order valence-corrected chi connectivity index (χ1v) is 11.2. The van der Waals surface area contributed by atoms with Crippen molar-refractivity contribution >= 4 is 11.8 Å². The summed E-state index contributed by atoms with van der Waals surface area (Å²) in [5, 5.41) is 0. The van der Waals surface area contributed by atoms with Crippen LogP contribution in [-0.4, -0.2) is 36.8 Å². The molecular weight excluding hydrogens is 346 g/mol. The van der Waals surface area contributed by atoms with E-state index in [-0.39, 0.29) is 12.4 Å². The predicted octanol–water partition coefficient (Wildman–Crippen LogP) is 3.53. The zero-order chi connectivity index (χ0) is 17.5. The Hall–Kier alpha value is -0.180. The average molecular weight is 386 g/mol. The van der Waals surface area contributed by atoms with Crippen LogP contribution >= 0.6 is 11.8 Å². The summed E-state index contributed by atoms with van der Waals surface area (Å²) in [4.78, 5) is 0. The van der Waals surface area contributed by atoms with E-state index in [9.17, 15) is 0 Å². The van der Waals surface area contributed by atoms with Crippen molar-refractivity contribution in [1.29, 1.82) is 0 Å². The molecule has 0 unspecified atom stereocenters. The fourth-order valence-electron chi connectivity index (χ4n) is 3.07. The minimum absolute atomic E-state index is 0. The molecular formula is C22H40ClNS. The molecule has 0 aliphatic heterocycles. The molecule has 0 amide bonds. The molecule has 0 fully saturated rings. The Kier molecular flexibility index (Phi) is 15.9. The third-order valence-electron chi connectivity index (χ3n) is 4.65. The van der Waals surface area contributed by atoms with Gasteiger partial charge in [0.05, 0.1) is 20.6 Å². The molecule has 0 aliphatic rings. The first-order chi connectivity index (χ1) is 11.6. The van der Waals surface area contributed by atoms with E-state index in [0.717, 1.165) is 0 Å². The first-order valence-electron chi connectivity index (χ1n) is 10.1. The quantitative estimate of drug-likeness (QED) is 0.253. The molecule has 0 saturated heterocycles. The van der Waals surface area contributed by atoms with Crippen molar-refractivity contribution < 1.29 is 16.9 Å². The molecule has 1 aromatic carbocycles.